The molecule has 1 aromatic rings. The summed E-state index contributed by atoms with van der Waals surface area (Å²) in [5, 5.41) is 0. The number of methoxy groups -OCH3 is 1. The monoisotopic (exact) mass is 253 g/mol. The van der Waals surface area contributed by atoms with Crippen molar-refractivity contribution < 1.29 is 4.74 Å². The lowest BCUT2D eigenvalue weighted by Gasteiger charge is -2.19. The Hall–Kier alpha value is -0.830. The zero-order valence-corrected chi connectivity index (χ0v) is 11.7. The zero-order chi connectivity index (χ0) is 12.5. The van der Waals surface area contributed by atoms with Gasteiger partial charge in [-0.05, 0) is 42.9 Å². The third-order valence-corrected chi connectivity index (χ3v) is 3.23. The highest BCUT2D eigenvalue weighted by Gasteiger charge is 2.00. The van der Waals surface area contributed by atoms with Gasteiger partial charge in [-0.25, -0.2) is 0 Å². The van der Waals surface area contributed by atoms with Gasteiger partial charge in [-0.1, -0.05) is 12.8 Å². The molecular weight excluding hydrogens is 230 g/mol. The second-order valence-electron chi connectivity index (χ2n) is 4.26. The van der Waals surface area contributed by atoms with Gasteiger partial charge in [0.15, 0.2) is 0 Å². The quantitative estimate of drug-likeness (QED) is 0.561. The minimum absolute atomic E-state index is 0.913. The van der Waals surface area contributed by atoms with Gasteiger partial charge in [-0.3, -0.25) is 0 Å². The fraction of sp³-hybridized carbons (Fsp3) is 0.571. The van der Waals surface area contributed by atoms with Crippen molar-refractivity contribution in [3.8, 4) is 5.75 Å². The molecule has 0 unspecified atom stereocenters. The molecule has 0 aliphatic rings. The lowest BCUT2D eigenvalue weighted by Crippen LogP contribution is -2.18. The Morgan fingerprint density at radius 1 is 1.06 bits per heavy atom. The fourth-order valence-electron chi connectivity index (χ4n) is 1.78. The summed E-state index contributed by atoms with van der Waals surface area (Å²) in [7, 11) is 3.83. The van der Waals surface area contributed by atoms with Crippen LogP contribution >= 0.6 is 12.6 Å². The Balaban J connectivity index is 2.28. The molecule has 0 N–H and O–H groups in total. The van der Waals surface area contributed by atoms with E-state index in [2.05, 4.69) is 36.7 Å². The van der Waals surface area contributed by atoms with Gasteiger partial charge in [0.1, 0.15) is 5.75 Å². The van der Waals surface area contributed by atoms with Gasteiger partial charge in [-0.15, -0.1) is 0 Å². The van der Waals surface area contributed by atoms with E-state index in [-0.39, 0.29) is 0 Å². The second-order valence-corrected chi connectivity index (χ2v) is 4.70. The molecule has 96 valence electrons. The Labute approximate surface area is 110 Å². The van der Waals surface area contributed by atoms with E-state index in [1.807, 2.05) is 12.1 Å². The fourth-order valence-corrected chi connectivity index (χ4v) is 2.00. The largest absolute Gasteiger partial charge is 0.497 e. The van der Waals surface area contributed by atoms with Gasteiger partial charge in [0.05, 0.1) is 7.11 Å². The van der Waals surface area contributed by atoms with E-state index in [0.717, 1.165) is 18.0 Å². The van der Waals surface area contributed by atoms with Gasteiger partial charge in [0.2, 0.25) is 0 Å². The summed E-state index contributed by atoms with van der Waals surface area (Å²) in [6.45, 7) is 1.11. The number of benzene rings is 1. The van der Waals surface area contributed by atoms with Crippen LogP contribution in [0.1, 0.15) is 25.7 Å². The third kappa shape index (κ3) is 5.35. The summed E-state index contributed by atoms with van der Waals surface area (Å²) in [6, 6.07) is 8.22. The maximum absolute atomic E-state index is 5.15. The topological polar surface area (TPSA) is 12.5 Å². The molecule has 0 atom stereocenters. The summed E-state index contributed by atoms with van der Waals surface area (Å²) in [6.07, 6.45) is 5.06. The zero-order valence-electron chi connectivity index (χ0n) is 10.9. The van der Waals surface area contributed by atoms with Crippen LogP contribution in [0.3, 0.4) is 0 Å². The number of hydrogen-bond donors (Lipinski definition) is 1. The first-order chi connectivity index (χ1) is 8.27. The predicted molar refractivity (Wildman–Crippen MR) is 78.6 cm³/mol. The number of ether oxygens (including phenoxy) is 1. The first-order valence-corrected chi connectivity index (χ1v) is 6.87. The predicted octanol–water partition coefficient (Wildman–Crippen LogP) is 3.62. The van der Waals surface area contributed by atoms with E-state index >= 15 is 0 Å². The van der Waals surface area contributed by atoms with E-state index in [0.29, 0.717) is 0 Å². The van der Waals surface area contributed by atoms with Crippen LogP contribution in [0.5, 0.6) is 5.75 Å². The molecule has 1 rings (SSSR count). The highest BCUT2D eigenvalue weighted by atomic mass is 32.1. The molecule has 0 aliphatic heterocycles. The second kappa shape index (κ2) is 8.29. The van der Waals surface area contributed by atoms with Crippen LogP contribution in [0.2, 0.25) is 0 Å². The van der Waals surface area contributed by atoms with E-state index in [1.54, 1.807) is 7.11 Å². The van der Waals surface area contributed by atoms with Crippen LogP contribution < -0.4 is 9.64 Å². The molecule has 17 heavy (non-hydrogen) atoms. The number of thiol groups is 1. The van der Waals surface area contributed by atoms with E-state index in [1.165, 1.54) is 31.4 Å². The van der Waals surface area contributed by atoms with Gasteiger partial charge < -0.3 is 9.64 Å². The van der Waals surface area contributed by atoms with Crippen molar-refractivity contribution in [3.05, 3.63) is 24.3 Å². The molecule has 0 heterocycles. The summed E-state index contributed by atoms with van der Waals surface area (Å²) in [4.78, 5) is 2.29. The minimum Gasteiger partial charge on any atom is -0.497 e. The summed E-state index contributed by atoms with van der Waals surface area (Å²) >= 11 is 4.22. The first-order valence-electron chi connectivity index (χ1n) is 6.24. The average molecular weight is 253 g/mol. The van der Waals surface area contributed by atoms with E-state index < -0.39 is 0 Å². The van der Waals surface area contributed by atoms with Gasteiger partial charge >= 0.3 is 0 Å². The average Bonchev–Trinajstić information content (AvgIpc) is 2.38. The molecule has 0 aromatic heterocycles. The van der Waals surface area contributed by atoms with Gasteiger partial charge in [-0.2, -0.15) is 12.6 Å². The maximum atomic E-state index is 5.15. The highest BCUT2D eigenvalue weighted by Crippen LogP contribution is 2.18. The molecule has 0 saturated heterocycles. The van der Waals surface area contributed by atoms with Crippen LogP contribution in [-0.2, 0) is 0 Å². The van der Waals surface area contributed by atoms with Crippen molar-refractivity contribution in [1.29, 1.82) is 0 Å². The molecule has 0 spiro atoms. The summed E-state index contributed by atoms with van der Waals surface area (Å²) in [5.74, 6) is 1.92. The number of hydrogen-bond acceptors (Lipinski definition) is 3. The Morgan fingerprint density at radius 3 is 2.29 bits per heavy atom. The van der Waals surface area contributed by atoms with Gasteiger partial charge in [0, 0.05) is 19.3 Å². The van der Waals surface area contributed by atoms with Crippen LogP contribution in [0.25, 0.3) is 0 Å². The highest BCUT2D eigenvalue weighted by molar-refractivity contribution is 7.80. The van der Waals surface area contributed by atoms with Crippen molar-refractivity contribution in [3.63, 3.8) is 0 Å². The smallest absolute Gasteiger partial charge is 0.119 e. The summed E-state index contributed by atoms with van der Waals surface area (Å²) in [5.41, 5.74) is 1.25. The van der Waals surface area contributed by atoms with Crippen molar-refractivity contribution >= 4 is 18.3 Å². The Kier molecular flexibility index (Phi) is 6.94. The molecule has 3 heteroatoms. The van der Waals surface area contributed by atoms with E-state index in [9.17, 15) is 0 Å². The van der Waals surface area contributed by atoms with Crippen LogP contribution in [0.15, 0.2) is 24.3 Å². The third-order valence-electron chi connectivity index (χ3n) is 2.91. The molecule has 0 radical (unpaired) electrons. The maximum Gasteiger partial charge on any atom is 0.119 e. The molecule has 2 nitrogen and oxygen atoms in total. The number of rotatable bonds is 8. The summed E-state index contributed by atoms with van der Waals surface area (Å²) < 4.78 is 5.15. The molecule has 0 amide bonds. The Bertz CT molecular complexity index is 300. The molecular formula is C14H23NOS. The molecule has 0 fully saturated rings. The van der Waals surface area contributed by atoms with Crippen molar-refractivity contribution in [2.75, 3.05) is 31.4 Å². The first kappa shape index (κ1) is 14.2. The van der Waals surface area contributed by atoms with E-state index in [4.69, 9.17) is 4.74 Å². The lowest BCUT2D eigenvalue weighted by molar-refractivity contribution is 0.415. The number of anilines is 1. The van der Waals surface area contributed by atoms with Gasteiger partial charge in [0.25, 0.3) is 0 Å². The minimum atomic E-state index is 0.913. The van der Waals surface area contributed by atoms with Crippen LogP contribution in [0.4, 0.5) is 5.69 Å². The SMILES string of the molecule is COc1ccc(N(C)CCCCCCS)cc1. The number of nitrogens with zero attached hydrogens (tertiary/aromatic N) is 1. The van der Waals surface area contributed by atoms with Crippen LogP contribution in [0, 0.1) is 0 Å². The number of unbranched alkanes of at least 4 members (excludes halogenated alkanes) is 3. The molecule has 0 bridgehead atoms. The van der Waals surface area contributed by atoms with Crippen molar-refractivity contribution in [2.45, 2.75) is 25.7 Å². The van der Waals surface area contributed by atoms with Crippen molar-refractivity contribution in [1.82, 2.24) is 0 Å². The molecule has 0 aliphatic carbocycles. The van der Waals surface area contributed by atoms with Crippen LogP contribution in [-0.4, -0.2) is 26.5 Å². The molecule has 1 aromatic carbocycles. The normalized spacial score (nSPS) is 10.3. The lowest BCUT2D eigenvalue weighted by atomic mass is 10.2. The molecule has 0 saturated carbocycles. The van der Waals surface area contributed by atoms with Crippen molar-refractivity contribution in [2.24, 2.45) is 0 Å². The standard InChI is InChI=1S/C14H23NOS/c1-15(11-5-3-4-6-12-17)13-7-9-14(16-2)10-8-13/h7-10,17H,3-6,11-12H2,1-2H3. The Morgan fingerprint density at radius 2 is 1.71 bits per heavy atom.